The van der Waals surface area contributed by atoms with Crippen LogP contribution in [0.5, 0.6) is 0 Å². The number of nitrogens with zero attached hydrogens (tertiary/aromatic N) is 1. The van der Waals surface area contributed by atoms with Gasteiger partial charge in [0.25, 0.3) is 0 Å². The molecule has 1 aromatic carbocycles. The van der Waals surface area contributed by atoms with Crippen molar-refractivity contribution in [2.24, 2.45) is 0 Å². The fourth-order valence-electron chi connectivity index (χ4n) is 1.51. The predicted octanol–water partition coefficient (Wildman–Crippen LogP) is 0.866. The number of aromatic amines is 1. The summed E-state index contributed by atoms with van der Waals surface area (Å²) in [5.41, 5.74) is 2.16. The number of nitrogen functional groups attached to an aromatic ring is 1. The number of aryl methyl sites for hydroxylation is 1. The lowest BCUT2D eigenvalue weighted by atomic mass is 10.1. The van der Waals surface area contributed by atoms with Crippen molar-refractivity contribution < 1.29 is 0 Å². The van der Waals surface area contributed by atoms with Crippen LogP contribution in [0.25, 0.3) is 11.3 Å². The molecule has 0 spiro atoms. The minimum absolute atomic E-state index is 0.290. The molecule has 0 unspecified atom stereocenters. The fraction of sp³-hybridized carbons (Fsp3) is 0.100. The topological polar surface area (TPSA) is 63.8 Å². The first-order valence-corrected chi connectivity index (χ1v) is 4.32. The largest absolute Gasteiger partial charge is 0.344 e. The Kier molecular flexibility index (Phi) is 1.89. The standard InChI is InChI=1S/C10H11N3O/c1-7-9(13(11)10(14)12-7)8-5-3-2-4-6-8/h2-6H,11H2,1H3,(H,12,14). The Bertz CT molecular complexity index is 496. The number of nitrogens with two attached hydrogens (primary N) is 1. The molecule has 1 aromatic heterocycles. The van der Waals surface area contributed by atoms with Gasteiger partial charge < -0.3 is 10.8 Å². The van der Waals surface area contributed by atoms with E-state index < -0.39 is 0 Å². The molecule has 0 aliphatic heterocycles. The van der Waals surface area contributed by atoms with Crippen LogP contribution in [0.15, 0.2) is 35.1 Å². The molecule has 1 heterocycles. The van der Waals surface area contributed by atoms with Crippen molar-refractivity contribution in [1.29, 1.82) is 0 Å². The van der Waals surface area contributed by atoms with Crippen LogP contribution in [-0.2, 0) is 0 Å². The SMILES string of the molecule is Cc1[nH]c(=O)n(N)c1-c1ccccc1. The van der Waals surface area contributed by atoms with Crippen molar-refractivity contribution in [3.05, 3.63) is 46.5 Å². The summed E-state index contributed by atoms with van der Waals surface area (Å²) in [5, 5.41) is 0. The van der Waals surface area contributed by atoms with E-state index in [1.54, 1.807) is 0 Å². The second kappa shape index (κ2) is 3.06. The van der Waals surface area contributed by atoms with E-state index in [4.69, 9.17) is 5.84 Å². The molecule has 3 N–H and O–H groups in total. The highest BCUT2D eigenvalue weighted by atomic mass is 16.1. The molecule has 0 fully saturated rings. The average molecular weight is 189 g/mol. The van der Waals surface area contributed by atoms with Gasteiger partial charge in [0.15, 0.2) is 0 Å². The maximum Gasteiger partial charge on any atom is 0.344 e. The van der Waals surface area contributed by atoms with Gasteiger partial charge in [-0.05, 0) is 6.92 Å². The highest BCUT2D eigenvalue weighted by Gasteiger charge is 2.09. The molecule has 0 atom stereocenters. The fourth-order valence-corrected chi connectivity index (χ4v) is 1.51. The Morgan fingerprint density at radius 3 is 2.43 bits per heavy atom. The van der Waals surface area contributed by atoms with Gasteiger partial charge in [-0.2, -0.15) is 0 Å². The summed E-state index contributed by atoms with van der Waals surface area (Å²) in [6.45, 7) is 1.83. The number of aromatic nitrogens is 2. The summed E-state index contributed by atoms with van der Waals surface area (Å²) >= 11 is 0. The first-order chi connectivity index (χ1) is 6.70. The number of nitrogens with one attached hydrogen (secondary N) is 1. The third-order valence-corrected chi connectivity index (χ3v) is 2.16. The molecule has 72 valence electrons. The molecule has 0 aliphatic carbocycles. The summed E-state index contributed by atoms with van der Waals surface area (Å²) in [4.78, 5) is 13.9. The molecule has 0 bridgehead atoms. The zero-order valence-electron chi connectivity index (χ0n) is 7.82. The first kappa shape index (κ1) is 8.62. The highest BCUT2D eigenvalue weighted by Crippen LogP contribution is 2.18. The summed E-state index contributed by atoms with van der Waals surface area (Å²) in [7, 11) is 0. The van der Waals surface area contributed by atoms with E-state index in [2.05, 4.69) is 4.98 Å². The molecule has 2 rings (SSSR count). The Hall–Kier alpha value is -1.97. The summed E-state index contributed by atoms with van der Waals surface area (Å²) in [6.07, 6.45) is 0. The Balaban J connectivity index is 2.69. The van der Waals surface area contributed by atoms with E-state index in [9.17, 15) is 4.79 Å². The molecular formula is C10H11N3O. The molecule has 0 saturated heterocycles. The molecule has 0 amide bonds. The minimum atomic E-state index is -0.290. The van der Waals surface area contributed by atoms with Crippen LogP contribution in [0, 0.1) is 6.92 Å². The van der Waals surface area contributed by atoms with Gasteiger partial charge in [-0.3, -0.25) is 0 Å². The third kappa shape index (κ3) is 1.21. The summed E-state index contributed by atoms with van der Waals surface area (Å²) in [5.74, 6) is 5.61. The van der Waals surface area contributed by atoms with Crippen LogP contribution in [0.1, 0.15) is 5.69 Å². The van der Waals surface area contributed by atoms with E-state index in [0.29, 0.717) is 0 Å². The van der Waals surface area contributed by atoms with E-state index >= 15 is 0 Å². The van der Waals surface area contributed by atoms with Crippen LogP contribution in [0.2, 0.25) is 0 Å². The van der Waals surface area contributed by atoms with Crippen molar-refractivity contribution in [3.8, 4) is 11.3 Å². The van der Waals surface area contributed by atoms with E-state index in [-0.39, 0.29) is 5.69 Å². The van der Waals surface area contributed by atoms with Crippen molar-refractivity contribution in [2.45, 2.75) is 6.92 Å². The van der Waals surface area contributed by atoms with Gasteiger partial charge in [0.05, 0.1) is 5.69 Å². The lowest BCUT2D eigenvalue weighted by molar-refractivity contribution is 0.943. The number of benzene rings is 1. The number of imidazole rings is 1. The highest BCUT2D eigenvalue weighted by molar-refractivity contribution is 5.61. The van der Waals surface area contributed by atoms with Gasteiger partial charge in [0, 0.05) is 11.3 Å². The summed E-state index contributed by atoms with van der Waals surface area (Å²) in [6, 6.07) is 9.57. The molecule has 0 aliphatic rings. The zero-order chi connectivity index (χ0) is 10.1. The molecule has 0 radical (unpaired) electrons. The van der Waals surface area contributed by atoms with Crippen LogP contribution in [-0.4, -0.2) is 9.66 Å². The van der Waals surface area contributed by atoms with Gasteiger partial charge in [0.1, 0.15) is 0 Å². The zero-order valence-corrected chi connectivity index (χ0v) is 7.82. The molecule has 2 aromatic rings. The quantitative estimate of drug-likeness (QED) is 0.654. The number of hydrogen-bond acceptors (Lipinski definition) is 2. The lowest BCUT2D eigenvalue weighted by Crippen LogP contribution is -2.24. The van der Waals surface area contributed by atoms with Gasteiger partial charge in [-0.1, -0.05) is 30.3 Å². The van der Waals surface area contributed by atoms with Gasteiger partial charge in [-0.25, -0.2) is 9.47 Å². The van der Waals surface area contributed by atoms with Crippen molar-refractivity contribution in [1.82, 2.24) is 9.66 Å². The number of hydrogen-bond donors (Lipinski definition) is 2. The second-order valence-corrected chi connectivity index (χ2v) is 3.14. The molecule has 14 heavy (non-hydrogen) atoms. The maximum atomic E-state index is 11.2. The molecule has 4 heteroatoms. The third-order valence-electron chi connectivity index (χ3n) is 2.16. The molecule has 0 saturated carbocycles. The summed E-state index contributed by atoms with van der Waals surface area (Å²) < 4.78 is 1.13. The molecule has 4 nitrogen and oxygen atoms in total. The average Bonchev–Trinajstić information content (AvgIpc) is 2.43. The van der Waals surface area contributed by atoms with E-state index in [1.165, 1.54) is 0 Å². The predicted molar refractivity (Wildman–Crippen MR) is 55.4 cm³/mol. The van der Waals surface area contributed by atoms with E-state index in [1.807, 2.05) is 37.3 Å². The van der Waals surface area contributed by atoms with E-state index in [0.717, 1.165) is 21.6 Å². The normalized spacial score (nSPS) is 10.4. The minimum Gasteiger partial charge on any atom is -0.335 e. The van der Waals surface area contributed by atoms with Crippen LogP contribution < -0.4 is 11.5 Å². The maximum absolute atomic E-state index is 11.2. The Labute approximate surface area is 81.0 Å². The van der Waals surface area contributed by atoms with Crippen LogP contribution >= 0.6 is 0 Å². The number of rotatable bonds is 1. The monoisotopic (exact) mass is 189 g/mol. The first-order valence-electron chi connectivity index (χ1n) is 4.32. The van der Waals surface area contributed by atoms with Crippen LogP contribution in [0.3, 0.4) is 0 Å². The Morgan fingerprint density at radius 2 is 1.93 bits per heavy atom. The Morgan fingerprint density at radius 1 is 1.29 bits per heavy atom. The smallest absolute Gasteiger partial charge is 0.335 e. The van der Waals surface area contributed by atoms with Gasteiger partial charge in [0.2, 0.25) is 0 Å². The van der Waals surface area contributed by atoms with Crippen molar-refractivity contribution >= 4 is 0 Å². The lowest BCUT2D eigenvalue weighted by Gasteiger charge is -2.02. The number of H-pyrrole nitrogens is 1. The van der Waals surface area contributed by atoms with Gasteiger partial charge >= 0.3 is 5.69 Å². The van der Waals surface area contributed by atoms with Gasteiger partial charge in [-0.15, -0.1) is 0 Å². The second-order valence-electron chi connectivity index (χ2n) is 3.14. The van der Waals surface area contributed by atoms with Crippen LogP contribution in [0.4, 0.5) is 0 Å². The van der Waals surface area contributed by atoms with Crippen molar-refractivity contribution in [3.63, 3.8) is 0 Å². The molecular weight excluding hydrogens is 178 g/mol. The van der Waals surface area contributed by atoms with Crippen molar-refractivity contribution in [2.75, 3.05) is 5.84 Å².